The molecule has 0 atom stereocenters. The van der Waals surface area contributed by atoms with E-state index in [9.17, 15) is 19.2 Å². The molecule has 7 aromatic rings. The minimum atomic E-state index is -0.255. The zero-order valence-corrected chi connectivity index (χ0v) is 35.5. The molecule has 0 saturated carbocycles. The maximum absolute atomic E-state index is 14.7. The van der Waals surface area contributed by atoms with Crippen molar-refractivity contribution in [3.63, 3.8) is 0 Å². The fourth-order valence-corrected chi connectivity index (χ4v) is 10.00. The molecule has 0 bridgehead atoms. The van der Waals surface area contributed by atoms with Crippen LogP contribution >= 0.6 is 0 Å². The Bertz CT molecular complexity index is 2640. The van der Waals surface area contributed by atoms with Gasteiger partial charge in [0, 0.05) is 46.1 Å². The van der Waals surface area contributed by atoms with E-state index in [-0.39, 0.29) is 23.6 Å². The van der Waals surface area contributed by atoms with E-state index in [1.165, 1.54) is 35.5 Å². The van der Waals surface area contributed by atoms with Gasteiger partial charge in [-0.2, -0.15) is 0 Å². The van der Waals surface area contributed by atoms with Gasteiger partial charge in [0.05, 0.1) is 0 Å². The van der Waals surface area contributed by atoms with Gasteiger partial charge < -0.3 is 0 Å². The van der Waals surface area contributed by atoms with Crippen LogP contribution in [0.25, 0.3) is 65.3 Å². The summed E-state index contributed by atoms with van der Waals surface area (Å²) in [5.74, 6) is -1.01. The lowest BCUT2D eigenvalue weighted by atomic mass is 9.77. The third-order valence-electron chi connectivity index (χ3n) is 13.2. The van der Waals surface area contributed by atoms with Crippen LogP contribution in [0.2, 0.25) is 0 Å². The van der Waals surface area contributed by atoms with E-state index in [0.29, 0.717) is 46.1 Å². The third kappa shape index (κ3) is 6.56. The SMILES string of the molecule is CCCCCCCCN1C(=O)c2ccc3c4c(-c5ccc(C)cc5)cc5c6c(ccc(c7c(-c8ccc(C)cc8)cc(c2c37)C1=O)c64)C(=O)N(CCCCCCCC)C5=O. The summed E-state index contributed by atoms with van der Waals surface area (Å²) in [5, 5.41) is 6.71. The summed E-state index contributed by atoms with van der Waals surface area (Å²) in [5.41, 5.74) is 8.08. The Kier molecular flexibility index (Phi) is 10.7. The largest absolute Gasteiger partial charge is 0.274 e. The van der Waals surface area contributed by atoms with Crippen molar-refractivity contribution in [1.82, 2.24) is 9.80 Å². The third-order valence-corrected chi connectivity index (χ3v) is 13.2. The Balaban J connectivity index is 1.31. The smallest absolute Gasteiger partial charge is 0.261 e. The fraction of sp³-hybridized carbons (Fsp3) is 0.333. The summed E-state index contributed by atoms with van der Waals surface area (Å²) in [7, 11) is 0. The average Bonchev–Trinajstić information content (AvgIpc) is 3.26. The number of carbonyl (C=O) groups excluding carboxylic acids is 4. The molecule has 304 valence electrons. The summed E-state index contributed by atoms with van der Waals surface area (Å²) in [6, 6.07) is 28.6. The number of hydrogen-bond acceptors (Lipinski definition) is 4. The van der Waals surface area contributed by atoms with Gasteiger partial charge in [0.2, 0.25) is 0 Å². The molecule has 0 unspecified atom stereocenters. The van der Waals surface area contributed by atoms with Crippen LogP contribution in [-0.4, -0.2) is 46.5 Å². The van der Waals surface area contributed by atoms with Crippen LogP contribution in [0.3, 0.4) is 0 Å². The van der Waals surface area contributed by atoms with E-state index in [1.807, 2.05) is 36.4 Å². The Labute approximate surface area is 352 Å². The van der Waals surface area contributed by atoms with Crippen molar-refractivity contribution in [3.05, 3.63) is 118 Å². The highest BCUT2D eigenvalue weighted by Gasteiger charge is 2.38. The Hall–Kier alpha value is -5.88. The van der Waals surface area contributed by atoms with Gasteiger partial charge in [0.1, 0.15) is 0 Å². The van der Waals surface area contributed by atoms with Gasteiger partial charge in [-0.25, -0.2) is 0 Å². The molecule has 6 nitrogen and oxygen atoms in total. The minimum Gasteiger partial charge on any atom is -0.274 e. The quantitative estimate of drug-likeness (QED) is 0.0422. The van der Waals surface area contributed by atoms with Crippen LogP contribution < -0.4 is 0 Å². The van der Waals surface area contributed by atoms with Crippen LogP contribution in [0.1, 0.15) is 143 Å². The Morgan fingerprint density at radius 1 is 0.350 bits per heavy atom. The lowest BCUT2D eigenvalue weighted by Gasteiger charge is -2.32. The van der Waals surface area contributed by atoms with Crippen molar-refractivity contribution in [1.29, 1.82) is 0 Å². The van der Waals surface area contributed by atoms with Crippen LogP contribution in [0, 0.1) is 13.8 Å². The minimum absolute atomic E-state index is 0.252. The van der Waals surface area contributed by atoms with Gasteiger partial charge in [-0.1, -0.05) is 150 Å². The van der Waals surface area contributed by atoms with Crippen LogP contribution in [0.5, 0.6) is 0 Å². The number of aryl methyl sites for hydroxylation is 2. The fourth-order valence-electron chi connectivity index (χ4n) is 10.00. The summed E-state index contributed by atoms with van der Waals surface area (Å²) < 4.78 is 0. The number of rotatable bonds is 16. The number of carbonyl (C=O) groups is 4. The Morgan fingerprint density at radius 3 is 1.08 bits per heavy atom. The number of fused-ring (bicyclic) bond motifs is 2. The molecule has 0 aliphatic carbocycles. The van der Waals surface area contributed by atoms with E-state index >= 15 is 0 Å². The molecule has 0 spiro atoms. The van der Waals surface area contributed by atoms with Crippen molar-refractivity contribution < 1.29 is 19.2 Å². The van der Waals surface area contributed by atoms with E-state index in [2.05, 4.69) is 76.2 Å². The number of nitrogens with zero attached hydrogens (tertiary/aromatic N) is 2. The maximum atomic E-state index is 14.7. The highest BCUT2D eigenvalue weighted by atomic mass is 16.2. The van der Waals surface area contributed by atoms with Crippen molar-refractivity contribution in [2.45, 2.75) is 105 Å². The molecule has 0 aromatic heterocycles. The van der Waals surface area contributed by atoms with Gasteiger partial charge in [-0.05, 0) is 106 Å². The number of amides is 4. The second kappa shape index (κ2) is 16.3. The summed E-state index contributed by atoms with van der Waals surface area (Å²) in [6.45, 7) is 9.30. The predicted octanol–water partition coefficient (Wildman–Crippen LogP) is 13.6. The van der Waals surface area contributed by atoms with Gasteiger partial charge in [-0.15, -0.1) is 0 Å². The Morgan fingerprint density at radius 2 is 0.700 bits per heavy atom. The number of benzene rings is 7. The average molecular weight is 795 g/mol. The standard InChI is InChI=1S/C54H54N2O4/c1-5-7-9-11-13-15-29-55-51(57)39-27-25-37-46-42(36-23-19-34(4)20-24-36)32-44-48-40(52(58)56(54(44)60)30-16-14-12-10-8-6-2)28-26-38(50(46)48)45-41(35-21-17-33(3)18-22-35)31-43(53(55)59)47(39)49(37)45/h17-28,31-32H,5-16,29-30H2,1-4H3. The molecule has 2 heterocycles. The molecule has 0 radical (unpaired) electrons. The second-order valence-electron chi connectivity index (χ2n) is 17.3. The topological polar surface area (TPSA) is 74.8 Å². The molecule has 6 heteroatoms. The van der Waals surface area contributed by atoms with E-state index < -0.39 is 0 Å². The highest BCUT2D eigenvalue weighted by molar-refractivity contribution is 6.44. The number of imide groups is 2. The molecule has 4 amide bonds. The zero-order valence-electron chi connectivity index (χ0n) is 35.5. The summed E-state index contributed by atoms with van der Waals surface area (Å²) >= 11 is 0. The van der Waals surface area contributed by atoms with Crippen LogP contribution in [-0.2, 0) is 0 Å². The van der Waals surface area contributed by atoms with E-state index in [0.717, 1.165) is 117 Å². The van der Waals surface area contributed by atoms with Crippen molar-refractivity contribution >= 4 is 66.7 Å². The van der Waals surface area contributed by atoms with Crippen molar-refractivity contribution in [2.24, 2.45) is 0 Å². The zero-order chi connectivity index (χ0) is 41.7. The molecule has 9 rings (SSSR count). The molecule has 0 N–H and O–H groups in total. The molecule has 2 aliphatic rings. The lowest BCUT2D eigenvalue weighted by molar-refractivity contribution is 0.0592. The monoisotopic (exact) mass is 794 g/mol. The number of unbranched alkanes of at least 4 members (excludes halogenated alkanes) is 10. The molecule has 2 aliphatic heterocycles. The van der Waals surface area contributed by atoms with E-state index in [1.54, 1.807) is 0 Å². The molecular formula is C54H54N2O4. The van der Waals surface area contributed by atoms with Crippen molar-refractivity contribution in [3.8, 4) is 22.3 Å². The van der Waals surface area contributed by atoms with Crippen molar-refractivity contribution in [2.75, 3.05) is 13.1 Å². The van der Waals surface area contributed by atoms with Gasteiger partial charge in [0.25, 0.3) is 23.6 Å². The first-order valence-corrected chi connectivity index (χ1v) is 22.4. The number of hydrogen-bond donors (Lipinski definition) is 0. The predicted molar refractivity (Wildman–Crippen MR) is 245 cm³/mol. The van der Waals surface area contributed by atoms with Gasteiger partial charge in [-0.3, -0.25) is 29.0 Å². The van der Waals surface area contributed by atoms with Crippen LogP contribution in [0.4, 0.5) is 0 Å². The highest BCUT2D eigenvalue weighted by Crippen LogP contribution is 2.52. The molecular weight excluding hydrogens is 741 g/mol. The summed E-state index contributed by atoms with van der Waals surface area (Å²) in [4.78, 5) is 61.3. The lowest BCUT2D eigenvalue weighted by Crippen LogP contribution is -2.41. The molecule has 0 fully saturated rings. The first-order valence-electron chi connectivity index (χ1n) is 22.4. The molecule has 7 aromatic carbocycles. The first-order chi connectivity index (χ1) is 29.2. The second-order valence-corrected chi connectivity index (χ2v) is 17.3. The van der Waals surface area contributed by atoms with Gasteiger partial charge in [0.15, 0.2) is 0 Å². The first kappa shape index (κ1) is 39.6. The van der Waals surface area contributed by atoms with Crippen LogP contribution in [0.15, 0.2) is 84.9 Å². The maximum Gasteiger partial charge on any atom is 0.261 e. The molecule has 0 saturated heterocycles. The normalized spacial score (nSPS) is 14.0. The van der Waals surface area contributed by atoms with Gasteiger partial charge >= 0.3 is 0 Å². The van der Waals surface area contributed by atoms with E-state index in [4.69, 9.17) is 0 Å². The molecule has 60 heavy (non-hydrogen) atoms. The summed E-state index contributed by atoms with van der Waals surface area (Å²) in [6.07, 6.45) is 12.7.